The molecule has 5 heteroatoms. The quantitative estimate of drug-likeness (QED) is 0.847. The Morgan fingerprint density at radius 3 is 2.32 bits per heavy atom. The number of urea groups is 1. The first-order valence-corrected chi connectivity index (χ1v) is 8.46. The standard InChI is InChI=1S/C20H24N2O3/c1-13(2)10-17-15-11-18(24-3)19(25-4)12-16(15)21-20(23)22(17)14-8-6-5-7-9-14/h5-9,11-13,17H,10H2,1-4H3,(H,21,23). The summed E-state index contributed by atoms with van der Waals surface area (Å²) in [4.78, 5) is 14.7. The molecule has 0 saturated carbocycles. The third-order valence-electron chi connectivity index (χ3n) is 4.42. The number of carbonyl (C=O) groups excluding carboxylic acids is 1. The summed E-state index contributed by atoms with van der Waals surface area (Å²) in [5.74, 6) is 1.71. The summed E-state index contributed by atoms with van der Waals surface area (Å²) in [5.41, 5.74) is 2.70. The minimum Gasteiger partial charge on any atom is -0.493 e. The summed E-state index contributed by atoms with van der Waals surface area (Å²) in [6.45, 7) is 4.33. The number of rotatable bonds is 5. The molecule has 1 heterocycles. The zero-order valence-electron chi connectivity index (χ0n) is 15.1. The minimum atomic E-state index is -0.128. The molecule has 0 radical (unpaired) electrons. The number of methoxy groups -OCH3 is 2. The topological polar surface area (TPSA) is 50.8 Å². The average molecular weight is 340 g/mol. The number of nitrogens with zero attached hydrogens (tertiary/aromatic N) is 1. The van der Waals surface area contributed by atoms with Crippen LogP contribution in [0.2, 0.25) is 0 Å². The monoisotopic (exact) mass is 340 g/mol. The maximum absolute atomic E-state index is 12.8. The molecule has 2 aromatic carbocycles. The lowest BCUT2D eigenvalue weighted by Crippen LogP contribution is -2.43. The number of fused-ring (bicyclic) bond motifs is 1. The predicted molar refractivity (Wildman–Crippen MR) is 99.7 cm³/mol. The van der Waals surface area contributed by atoms with E-state index in [9.17, 15) is 4.79 Å². The summed E-state index contributed by atoms with van der Waals surface area (Å²) >= 11 is 0. The number of para-hydroxylation sites is 1. The molecule has 0 spiro atoms. The molecule has 0 aliphatic carbocycles. The molecule has 0 saturated heterocycles. The number of amides is 2. The molecule has 1 aliphatic heterocycles. The van der Waals surface area contributed by atoms with Gasteiger partial charge in [0.15, 0.2) is 11.5 Å². The van der Waals surface area contributed by atoms with Gasteiger partial charge in [0.25, 0.3) is 0 Å². The van der Waals surface area contributed by atoms with E-state index in [0.717, 1.165) is 23.4 Å². The first-order chi connectivity index (χ1) is 12.0. The summed E-state index contributed by atoms with van der Waals surface area (Å²) in [5, 5.41) is 2.99. The van der Waals surface area contributed by atoms with E-state index in [4.69, 9.17) is 9.47 Å². The minimum absolute atomic E-state index is 0.0639. The summed E-state index contributed by atoms with van der Waals surface area (Å²) in [7, 11) is 3.22. The maximum Gasteiger partial charge on any atom is 0.326 e. The first kappa shape index (κ1) is 17.1. The zero-order chi connectivity index (χ0) is 18.0. The second kappa shape index (κ2) is 7.05. The molecule has 3 rings (SSSR count). The molecule has 5 nitrogen and oxygen atoms in total. The Hall–Kier alpha value is -2.69. The van der Waals surface area contributed by atoms with Crippen LogP contribution in [0, 0.1) is 5.92 Å². The third-order valence-corrected chi connectivity index (χ3v) is 4.42. The molecule has 1 aliphatic rings. The van der Waals surface area contributed by atoms with Crippen molar-refractivity contribution < 1.29 is 14.3 Å². The van der Waals surface area contributed by atoms with E-state index in [2.05, 4.69) is 19.2 Å². The van der Waals surface area contributed by atoms with Crippen LogP contribution < -0.4 is 19.7 Å². The fraction of sp³-hybridized carbons (Fsp3) is 0.350. The molecule has 2 amide bonds. The van der Waals surface area contributed by atoms with Crippen LogP contribution in [0.4, 0.5) is 16.2 Å². The molecule has 0 bridgehead atoms. The van der Waals surface area contributed by atoms with Crippen LogP contribution in [-0.4, -0.2) is 20.3 Å². The Balaban J connectivity index is 2.13. The zero-order valence-corrected chi connectivity index (χ0v) is 15.1. The number of carbonyl (C=O) groups is 1. The Morgan fingerprint density at radius 2 is 1.72 bits per heavy atom. The maximum atomic E-state index is 12.8. The van der Waals surface area contributed by atoms with Crippen molar-refractivity contribution >= 4 is 17.4 Å². The van der Waals surface area contributed by atoms with Crippen molar-refractivity contribution in [1.29, 1.82) is 0 Å². The van der Waals surface area contributed by atoms with Gasteiger partial charge in [-0.05, 0) is 30.5 Å². The Morgan fingerprint density at radius 1 is 1.08 bits per heavy atom. The van der Waals surface area contributed by atoms with E-state index in [0.29, 0.717) is 17.4 Å². The Kier molecular flexibility index (Phi) is 4.83. The van der Waals surface area contributed by atoms with E-state index in [-0.39, 0.29) is 12.1 Å². The molecule has 1 N–H and O–H groups in total. The number of anilines is 2. The Bertz CT molecular complexity index is 759. The van der Waals surface area contributed by atoms with Crippen molar-refractivity contribution in [2.24, 2.45) is 5.92 Å². The molecule has 0 aromatic heterocycles. The largest absolute Gasteiger partial charge is 0.493 e. The van der Waals surface area contributed by atoms with Gasteiger partial charge in [0, 0.05) is 17.3 Å². The van der Waals surface area contributed by atoms with Crippen LogP contribution in [-0.2, 0) is 0 Å². The van der Waals surface area contributed by atoms with Crippen molar-refractivity contribution in [3.05, 3.63) is 48.0 Å². The lowest BCUT2D eigenvalue weighted by atomic mass is 9.92. The van der Waals surface area contributed by atoms with E-state index in [1.54, 1.807) is 14.2 Å². The fourth-order valence-electron chi connectivity index (χ4n) is 3.30. The highest BCUT2D eigenvalue weighted by molar-refractivity contribution is 6.05. The molecular weight excluding hydrogens is 316 g/mol. The van der Waals surface area contributed by atoms with Gasteiger partial charge in [0.2, 0.25) is 0 Å². The number of hydrogen-bond acceptors (Lipinski definition) is 3. The highest BCUT2D eigenvalue weighted by Gasteiger charge is 2.35. The molecule has 0 fully saturated rings. The van der Waals surface area contributed by atoms with Crippen LogP contribution in [0.3, 0.4) is 0 Å². The summed E-state index contributed by atoms with van der Waals surface area (Å²) in [6, 6.07) is 13.4. The second-order valence-electron chi connectivity index (χ2n) is 6.58. The van der Waals surface area contributed by atoms with Gasteiger partial charge < -0.3 is 14.8 Å². The van der Waals surface area contributed by atoms with E-state index >= 15 is 0 Å². The van der Waals surface area contributed by atoms with E-state index < -0.39 is 0 Å². The number of hydrogen-bond donors (Lipinski definition) is 1. The number of ether oxygens (including phenoxy) is 2. The van der Waals surface area contributed by atoms with Crippen LogP contribution >= 0.6 is 0 Å². The molecule has 1 atom stereocenters. The molecule has 1 unspecified atom stereocenters. The van der Waals surface area contributed by atoms with Crippen molar-refractivity contribution in [1.82, 2.24) is 0 Å². The van der Waals surface area contributed by atoms with Gasteiger partial charge in [-0.25, -0.2) is 4.79 Å². The van der Waals surface area contributed by atoms with Gasteiger partial charge in [-0.1, -0.05) is 32.0 Å². The van der Waals surface area contributed by atoms with Crippen LogP contribution in [0.5, 0.6) is 11.5 Å². The van der Waals surface area contributed by atoms with E-state index in [1.165, 1.54) is 0 Å². The van der Waals surface area contributed by atoms with Gasteiger partial charge in [-0.15, -0.1) is 0 Å². The van der Waals surface area contributed by atoms with Gasteiger partial charge in [-0.3, -0.25) is 4.90 Å². The number of benzene rings is 2. The first-order valence-electron chi connectivity index (χ1n) is 8.46. The predicted octanol–water partition coefficient (Wildman–Crippen LogP) is 4.84. The highest BCUT2D eigenvalue weighted by atomic mass is 16.5. The van der Waals surface area contributed by atoms with Gasteiger partial charge in [0.05, 0.1) is 25.9 Å². The normalized spacial score (nSPS) is 16.4. The van der Waals surface area contributed by atoms with E-state index in [1.807, 2.05) is 47.4 Å². The average Bonchev–Trinajstić information content (AvgIpc) is 2.61. The van der Waals surface area contributed by atoms with Crippen molar-refractivity contribution in [3.8, 4) is 11.5 Å². The number of nitrogens with one attached hydrogen (secondary N) is 1. The van der Waals surface area contributed by atoms with Crippen LogP contribution in [0.1, 0.15) is 31.9 Å². The van der Waals surface area contributed by atoms with Crippen LogP contribution in [0.25, 0.3) is 0 Å². The molecule has 2 aromatic rings. The third kappa shape index (κ3) is 3.27. The molecule has 132 valence electrons. The van der Waals surface area contributed by atoms with Crippen molar-refractivity contribution in [3.63, 3.8) is 0 Å². The summed E-state index contributed by atoms with van der Waals surface area (Å²) < 4.78 is 10.8. The highest BCUT2D eigenvalue weighted by Crippen LogP contribution is 2.44. The van der Waals surface area contributed by atoms with Crippen molar-refractivity contribution in [2.45, 2.75) is 26.3 Å². The SMILES string of the molecule is COc1cc2c(cc1OC)C(CC(C)C)N(c1ccccc1)C(=O)N2. The lowest BCUT2D eigenvalue weighted by Gasteiger charge is -2.38. The molecular formula is C20H24N2O3. The van der Waals surface area contributed by atoms with Gasteiger partial charge >= 0.3 is 6.03 Å². The van der Waals surface area contributed by atoms with Crippen molar-refractivity contribution in [2.75, 3.05) is 24.4 Å². The Labute approximate surface area is 148 Å². The fourth-order valence-corrected chi connectivity index (χ4v) is 3.30. The second-order valence-corrected chi connectivity index (χ2v) is 6.58. The molecule has 25 heavy (non-hydrogen) atoms. The van der Waals surface area contributed by atoms with Gasteiger partial charge in [-0.2, -0.15) is 0 Å². The van der Waals surface area contributed by atoms with Crippen LogP contribution in [0.15, 0.2) is 42.5 Å². The summed E-state index contributed by atoms with van der Waals surface area (Å²) in [6.07, 6.45) is 0.852. The smallest absolute Gasteiger partial charge is 0.326 e. The lowest BCUT2D eigenvalue weighted by molar-refractivity contribution is 0.252. The van der Waals surface area contributed by atoms with Gasteiger partial charge in [0.1, 0.15) is 0 Å².